The second-order valence-electron chi connectivity index (χ2n) is 1.17. The van der Waals surface area contributed by atoms with Crippen LogP contribution in [0.1, 0.15) is 19.8 Å². The zero-order chi connectivity index (χ0) is 14.8. The van der Waals surface area contributed by atoms with Gasteiger partial charge in [-0.3, -0.25) is 0 Å². The fourth-order valence-corrected chi connectivity index (χ4v) is 0.158. The molecule has 0 amide bonds. The summed E-state index contributed by atoms with van der Waals surface area (Å²) in [5, 5.41) is 8.07. The molecule has 0 saturated heterocycles. The molecule has 16 heavy (non-hydrogen) atoms. The first-order valence-corrected chi connectivity index (χ1v) is 5.79. The molecule has 0 aliphatic rings. The summed E-state index contributed by atoms with van der Waals surface area (Å²) in [4.78, 5) is 0. The van der Waals surface area contributed by atoms with Crippen molar-refractivity contribution >= 4 is 0 Å². The van der Waals surface area contributed by atoms with Crippen LogP contribution >= 0.6 is 0 Å². The molecule has 0 heterocycles. The predicted molar refractivity (Wildman–Crippen MR) is 69.9 cm³/mol. The molecule has 0 aliphatic carbocycles. The van der Waals surface area contributed by atoms with Crippen molar-refractivity contribution in [1.29, 1.82) is 0 Å². The summed E-state index contributed by atoms with van der Waals surface area (Å²) in [7, 11) is 0. The minimum atomic E-state index is -1.75. The van der Waals surface area contributed by atoms with Crippen molar-refractivity contribution in [2.45, 2.75) is 19.8 Å². The Bertz CT molecular complexity index is 70.7. The van der Waals surface area contributed by atoms with Gasteiger partial charge in [0.05, 0.1) is 0 Å². The van der Waals surface area contributed by atoms with E-state index in [0.717, 1.165) is 12.8 Å². The Balaban J connectivity index is -0.0000000201. The van der Waals surface area contributed by atoms with E-state index in [0.29, 0.717) is 6.61 Å². The van der Waals surface area contributed by atoms with E-state index in [-0.39, 0.29) is 0 Å². The second kappa shape index (κ2) is 224. The molecule has 0 bridgehead atoms. The average Bonchev–Trinajstić information content (AvgIpc) is 2.41. The van der Waals surface area contributed by atoms with Crippen LogP contribution in [-0.2, 0) is 22.8 Å². The molecule has 97 valence electrons. The van der Waals surface area contributed by atoms with Gasteiger partial charge in [0.2, 0.25) is 0 Å². The second-order valence-corrected chi connectivity index (χ2v) is 1.45. The van der Waals surface area contributed by atoms with E-state index in [9.17, 15) is 0 Å². The van der Waals surface area contributed by atoms with Gasteiger partial charge in [0.15, 0.2) is 0 Å². The number of aliphatic hydroxyl groups is 1. The summed E-state index contributed by atoms with van der Waals surface area (Å²) < 4.78 is 15.8. The van der Waals surface area contributed by atoms with E-state index < -0.39 is 19.5 Å². The van der Waals surface area contributed by atoms with E-state index in [1.165, 1.54) is 0 Å². The molecular weight excluding hydrogens is 240 g/mol. The van der Waals surface area contributed by atoms with Gasteiger partial charge in [0, 0.05) is 6.61 Å². The van der Waals surface area contributed by atoms with Crippen molar-refractivity contribution < 1.29 is 31.6 Å². The maximum atomic E-state index is 8.61. The molecule has 0 unspecified atom stereocenters. The Morgan fingerprint density at radius 3 is 1.12 bits per heavy atom. The van der Waals surface area contributed by atoms with Crippen LogP contribution in [0.3, 0.4) is 0 Å². The van der Waals surface area contributed by atoms with Crippen molar-refractivity contribution in [3.63, 3.8) is 0 Å². The Morgan fingerprint density at radius 1 is 0.938 bits per heavy atom. The van der Waals surface area contributed by atoms with Gasteiger partial charge in [0.25, 0.3) is 0 Å². The number of unbranched alkanes of at least 4 members (excludes halogenated alkanes) is 1. The Morgan fingerprint density at radius 2 is 1.12 bits per heavy atom. The molecule has 3 nitrogen and oxygen atoms in total. The molecule has 0 saturated carbocycles. The van der Waals surface area contributed by atoms with E-state index in [2.05, 4.69) is 59.6 Å². The van der Waals surface area contributed by atoms with Crippen LogP contribution in [0.15, 0.2) is 52.6 Å². The number of hydrogen-bond donors (Lipinski definition) is 2. The molecule has 0 rings (SSSR count). The van der Waals surface area contributed by atoms with Gasteiger partial charge in [0.1, 0.15) is 0 Å². The monoisotopic (exact) mass is 267 g/mol. The zero-order valence-corrected chi connectivity index (χ0v) is 12.1. The van der Waals surface area contributed by atoms with Gasteiger partial charge < -0.3 is 5.11 Å². The molecule has 2 N–H and O–H groups in total. The van der Waals surface area contributed by atoms with Gasteiger partial charge in [-0.05, 0) is 6.42 Å². The Labute approximate surface area is 111 Å². The predicted octanol–water partition coefficient (Wildman–Crippen LogP) is 3.31. The van der Waals surface area contributed by atoms with Gasteiger partial charge in [-0.1, -0.05) is 13.3 Å². The summed E-state index contributed by atoms with van der Waals surface area (Å²) in [6, 6.07) is 0. The molecule has 0 aromatic heterocycles. The van der Waals surface area contributed by atoms with Crippen molar-refractivity contribution in [1.82, 2.24) is 0 Å². The van der Waals surface area contributed by atoms with Gasteiger partial charge in [-0.15, -0.1) is 52.6 Å². The molecule has 0 atom stereocenters. The van der Waals surface area contributed by atoms with E-state index in [4.69, 9.17) is 12.1 Å². The molecule has 0 fully saturated rings. The van der Waals surface area contributed by atoms with Crippen molar-refractivity contribution in [3.8, 4) is 0 Å². The molecule has 0 spiro atoms. The summed E-state index contributed by atoms with van der Waals surface area (Å²) in [5.41, 5.74) is 0. The third kappa shape index (κ3) is 1060. The first kappa shape index (κ1) is 36.1. The summed E-state index contributed by atoms with van der Waals surface area (Å²) >= 11 is -1.75. The first-order valence-electron chi connectivity index (χ1n) is 4.45. The zero-order valence-electron chi connectivity index (χ0n) is 10.6. The van der Waals surface area contributed by atoms with Crippen LogP contribution in [0, 0.1) is 0 Å². The fourth-order valence-electron chi connectivity index (χ4n) is 0.158. The van der Waals surface area contributed by atoms with Crippen LogP contribution < -0.4 is 0 Å². The van der Waals surface area contributed by atoms with Gasteiger partial charge in [-0.2, -0.15) is 0 Å². The average molecular weight is 267 g/mol. The van der Waals surface area contributed by atoms with Crippen LogP contribution in [0.4, 0.5) is 0 Å². The van der Waals surface area contributed by atoms with Gasteiger partial charge >= 0.3 is 26.5 Å². The summed E-state index contributed by atoms with van der Waals surface area (Å²) in [6.07, 6.45) is 2.04. The number of rotatable bonds is 2. The third-order valence-corrected chi connectivity index (χ3v) is 0.512. The maximum absolute atomic E-state index is 8.61. The standard InChI is InChI=1S/C4H10O.4C2H4.H2O.O.Ti/c1-2-3-4-5;4*1-2;;;/h5H,2-4H2,1H3;4*1-2H2;1H2;;/q;;;;;;;+1/p-1. The molecule has 0 aromatic carbocycles. The molecule has 4 heteroatoms. The fraction of sp³-hybridized carbons (Fsp3) is 0.333. The van der Waals surface area contributed by atoms with Gasteiger partial charge in [-0.25, -0.2) is 0 Å². The molecule has 0 radical (unpaired) electrons. The van der Waals surface area contributed by atoms with Crippen LogP contribution in [0.2, 0.25) is 0 Å². The van der Waals surface area contributed by atoms with Crippen molar-refractivity contribution in [2.24, 2.45) is 0 Å². The van der Waals surface area contributed by atoms with Crippen molar-refractivity contribution in [3.05, 3.63) is 52.6 Å². The topological polar surface area (TPSA) is 57.5 Å². The quantitative estimate of drug-likeness (QED) is 0.596. The third-order valence-electron chi connectivity index (χ3n) is 0.512. The van der Waals surface area contributed by atoms with E-state index in [1.54, 1.807) is 0 Å². The molecular formula is C12H27O3Ti. The SMILES string of the molecule is C=C.C=C.C=C.C=C.CCCCO.[O]=[Ti][OH]. The van der Waals surface area contributed by atoms with Crippen LogP contribution in [0.5, 0.6) is 0 Å². The van der Waals surface area contributed by atoms with E-state index in [1.807, 2.05) is 0 Å². The van der Waals surface area contributed by atoms with Crippen molar-refractivity contribution in [2.75, 3.05) is 6.61 Å². The van der Waals surface area contributed by atoms with E-state index >= 15 is 0 Å². The molecule has 0 aliphatic heterocycles. The Kier molecular flexibility index (Phi) is 506. The first-order chi connectivity index (χ1) is 7.83. The number of hydrogen-bond acceptors (Lipinski definition) is 2. The number of aliphatic hydroxyl groups excluding tert-OH is 1. The molecule has 0 aromatic rings. The van der Waals surface area contributed by atoms with Crippen LogP contribution in [-0.4, -0.2) is 15.4 Å². The summed E-state index contributed by atoms with van der Waals surface area (Å²) in [5.74, 6) is 0. The summed E-state index contributed by atoms with van der Waals surface area (Å²) in [6.45, 7) is 26.4. The normalized spacial score (nSPS) is 4.19. The Hall–Kier alpha value is -0.606. The minimum absolute atomic E-state index is 0.344. The van der Waals surface area contributed by atoms with Crippen LogP contribution in [0.25, 0.3) is 0 Å².